The van der Waals surface area contributed by atoms with Crippen LogP contribution in [0.15, 0.2) is 0 Å². The summed E-state index contributed by atoms with van der Waals surface area (Å²) in [4.78, 5) is 15.8. The van der Waals surface area contributed by atoms with Gasteiger partial charge in [0, 0.05) is 5.92 Å². The van der Waals surface area contributed by atoms with Crippen molar-refractivity contribution < 1.29 is 9.63 Å². The number of hydrogen-bond donors (Lipinski definition) is 1. The zero-order chi connectivity index (χ0) is 8.69. The molecule has 0 aliphatic carbocycles. The Bertz CT molecular complexity index is 115. The topological polar surface area (TPSA) is 38.3 Å². The van der Waals surface area contributed by atoms with Crippen molar-refractivity contribution in [2.24, 2.45) is 5.92 Å². The number of carbonyl (C=O) groups is 1. The molecule has 1 atom stereocenters. The van der Waals surface area contributed by atoms with Gasteiger partial charge in [-0.25, -0.2) is 5.48 Å². The molecule has 0 heterocycles. The van der Waals surface area contributed by atoms with Crippen LogP contribution in [0.25, 0.3) is 0 Å². The Balaban J connectivity index is 3.47. The fraction of sp³-hybridized carbons (Fsp3) is 0.875. The lowest BCUT2D eigenvalue weighted by Gasteiger charge is -2.09. The standard InChI is InChI=1S/C8H17NO2/c1-4-6-7(3)8(10)9-11-5-2/h7H,4-6H2,1-3H3,(H,9,10)/t7-/m0/s1. The van der Waals surface area contributed by atoms with Crippen LogP contribution in [0.3, 0.4) is 0 Å². The highest BCUT2D eigenvalue weighted by Crippen LogP contribution is 2.03. The summed E-state index contributed by atoms with van der Waals surface area (Å²) in [5.41, 5.74) is 2.38. The second-order valence-corrected chi connectivity index (χ2v) is 2.59. The van der Waals surface area contributed by atoms with E-state index in [1.807, 2.05) is 13.8 Å². The lowest BCUT2D eigenvalue weighted by atomic mass is 10.1. The molecule has 1 N–H and O–H groups in total. The van der Waals surface area contributed by atoms with E-state index < -0.39 is 0 Å². The molecule has 66 valence electrons. The first-order chi connectivity index (χ1) is 5.22. The summed E-state index contributed by atoms with van der Waals surface area (Å²) in [5, 5.41) is 0. The summed E-state index contributed by atoms with van der Waals surface area (Å²) >= 11 is 0. The summed E-state index contributed by atoms with van der Waals surface area (Å²) in [6.07, 6.45) is 1.94. The molecule has 0 saturated heterocycles. The summed E-state index contributed by atoms with van der Waals surface area (Å²) in [5.74, 6) is 0.0419. The molecule has 11 heavy (non-hydrogen) atoms. The zero-order valence-corrected chi connectivity index (χ0v) is 7.52. The molecular formula is C8H17NO2. The first kappa shape index (κ1) is 10.4. The summed E-state index contributed by atoms with van der Waals surface area (Å²) in [6.45, 7) is 6.32. The van der Waals surface area contributed by atoms with E-state index in [0.717, 1.165) is 12.8 Å². The van der Waals surface area contributed by atoms with Gasteiger partial charge in [0.2, 0.25) is 5.91 Å². The van der Waals surface area contributed by atoms with Gasteiger partial charge >= 0.3 is 0 Å². The van der Waals surface area contributed by atoms with Gasteiger partial charge in [0.05, 0.1) is 6.61 Å². The van der Waals surface area contributed by atoms with Crippen LogP contribution >= 0.6 is 0 Å². The average Bonchev–Trinajstić information content (AvgIpc) is 2.00. The molecule has 3 heteroatoms. The van der Waals surface area contributed by atoms with Crippen molar-refractivity contribution >= 4 is 5.91 Å². The molecule has 0 spiro atoms. The van der Waals surface area contributed by atoms with Gasteiger partial charge in [-0.3, -0.25) is 9.63 Å². The van der Waals surface area contributed by atoms with Gasteiger partial charge in [0.25, 0.3) is 0 Å². The van der Waals surface area contributed by atoms with E-state index in [0.29, 0.717) is 6.61 Å². The van der Waals surface area contributed by atoms with Gasteiger partial charge in [-0.05, 0) is 13.3 Å². The fourth-order valence-corrected chi connectivity index (χ4v) is 0.808. The molecule has 0 bridgehead atoms. The molecule has 0 saturated carbocycles. The number of carbonyl (C=O) groups excluding carboxylic acids is 1. The second-order valence-electron chi connectivity index (χ2n) is 2.59. The van der Waals surface area contributed by atoms with Crippen LogP contribution in [0.1, 0.15) is 33.6 Å². The number of hydroxylamine groups is 1. The first-order valence-electron chi connectivity index (χ1n) is 4.14. The lowest BCUT2D eigenvalue weighted by Crippen LogP contribution is -2.29. The van der Waals surface area contributed by atoms with E-state index in [1.165, 1.54) is 0 Å². The fourth-order valence-electron chi connectivity index (χ4n) is 0.808. The predicted molar refractivity (Wildman–Crippen MR) is 43.8 cm³/mol. The van der Waals surface area contributed by atoms with Crippen LogP contribution in [0.2, 0.25) is 0 Å². The monoisotopic (exact) mass is 159 g/mol. The number of hydrogen-bond acceptors (Lipinski definition) is 2. The predicted octanol–water partition coefficient (Wildman–Crippen LogP) is 1.49. The van der Waals surface area contributed by atoms with Crippen LogP contribution in [0.5, 0.6) is 0 Å². The largest absolute Gasteiger partial charge is 0.274 e. The maximum Gasteiger partial charge on any atom is 0.246 e. The van der Waals surface area contributed by atoms with Gasteiger partial charge in [-0.2, -0.15) is 0 Å². The molecule has 0 aromatic rings. The zero-order valence-electron chi connectivity index (χ0n) is 7.52. The number of amides is 1. The molecule has 0 unspecified atom stereocenters. The third kappa shape index (κ3) is 4.79. The quantitative estimate of drug-likeness (QED) is 0.617. The minimum absolute atomic E-state index is 0.0197. The molecule has 3 nitrogen and oxygen atoms in total. The van der Waals surface area contributed by atoms with Crippen LogP contribution in [-0.4, -0.2) is 12.5 Å². The van der Waals surface area contributed by atoms with Crippen molar-refractivity contribution in [3.05, 3.63) is 0 Å². The van der Waals surface area contributed by atoms with E-state index in [-0.39, 0.29) is 11.8 Å². The second kappa shape index (κ2) is 6.16. The number of rotatable bonds is 5. The molecule has 0 fully saturated rings. The molecule has 0 rings (SSSR count). The van der Waals surface area contributed by atoms with Gasteiger partial charge in [-0.15, -0.1) is 0 Å². The van der Waals surface area contributed by atoms with Gasteiger partial charge < -0.3 is 0 Å². The molecule has 0 aromatic heterocycles. The Morgan fingerprint density at radius 1 is 1.55 bits per heavy atom. The molecule has 0 aromatic carbocycles. The van der Waals surface area contributed by atoms with Gasteiger partial charge in [-0.1, -0.05) is 20.3 Å². The highest BCUT2D eigenvalue weighted by Gasteiger charge is 2.10. The molecule has 0 aliphatic heterocycles. The molecule has 0 aliphatic rings. The molecular weight excluding hydrogens is 142 g/mol. The Morgan fingerprint density at radius 3 is 2.64 bits per heavy atom. The van der Waals surface area contributed by atoms with Gasteiger partial charge in [0.15, 0.2) is 0 Å². The average molecular weight is 159 g/mol. The van der Waals surface area contributed by atoms with Crippen molar-refractivity contribution in [3.63, 3.8) is 0 Å². The number of nitrogens with one attached hydrogen (secondary N) is 1. The van der Waals surface area contributed by atoms with Crippen molar-refractivity contribution in [2.45, 2.75) is 33.6 Å². The maximum atomic E-state index is 11.1. The minimum Gasteiger partial charge on any atom is -0.274 e. The van der Waals surface area contributed by atoms with E-state index in [9.17, 15) is 4.79 Å². The normalized spacial score (nSPS) is 12.6. The van der Waals surface area contributed by atoms with E-state index in [4.69, 9.17) is 4.84 Å². The first-order valence-corrected chi connectivity index (χ1v) is 4.14. The maximum absolute atomic E-state index is 11.1. The summed E-state index contributed by atoms with van der Waals surface area (Å²) < 4.78 is 0. The van der Waals surface area contributed by atoms with E-state index in [1.54, 1.807) is 0 Å². The van der Waals surface area contributed by atoms with Crippen molar-refractivity contribution in [2.75, 3.05) is 6.61 Å². The summed E-state index contributed by atoms with van der Waals surface area (Å²) in [7, 11) is 0. The van der Waals surface area contributed by atoms with Crippen LogP contribution in [0, 0.1) is 5.92 Å². The Hall–Kier alpha value is -0.570. The Kier molecular flexibility index (Phi) is 5.84. The van der Waals surface area contributed by atoms with Crippen LogP contribution in [0.4, 0.5) is 0 Å². The molecule has 1 amide bonds. The van der Waals surface area contributed by atoms with Crippen molar-refractivity contribution in [1.29, 1.82) is 0 Å². The third-order valence-corrected chi connectivity index (χ3v) is 1.49. The Labute approximate surface area is 68.1 Å². The molecule has 0 radical (unpaired) electrons. The highest BCUT2D eigenvalue weighted by molar-refractivity contribution is 5.77. The lowest BCUT2D eigenvalue weighted by molar-refractivity contribution is -0.137. The summed E-state index contributed by atoms with van der Waals surface area (Å²) in [6, 6.07) is 0. The van der Waals surface area contributed by atoms with Gasteiger partial charge in [0.1, 0.15) is 0 Å². The SMILES string of the molecule is CCC[C@H](C)C(=O)NOCC. The Morgan fingerprint density at radius 2 is 2.18 bits per heavy atom. The van der Waals surface area contributed by atoms with Crippen molar-refractivity contribution in [3.8, 4) is 0 Å². The minimum atomic E-state index is -0.0197. The van der Waals surface area contributed by atoms with E-state index >= 15 is 0 Å². The third-order valence-electron chi connectivity index (χ3n) is 1.49. The highest BCUT2D eigenvalue weighted by atomic mass is 16.6. The van der Waals surface area contributed by atoms with Crippen LogP contribution < -0.4 is 5.48 Å². The van der Waals surface area contributed by atoms with Crippen molar-refractivity contribution in [1.82, 2.24) is 5.48 Å². The van der Waals surface area contributed by atoms with E-state index in [2.05, 4.69) is 12.4 Å². The van der Waals surface area contributed by atoms with Crippen LogP contribution in [-0.2, 0) is 9.63 Å². The smallest absolute Gasteiger partial charge is 0.246 e.